The summed E-state index contributed by atoms with van der Waals surface area (Å²) >= 11 is 0. The molecule has 28 heavy (non-hydrogen) atoms. The van der Waals surface area contributed by atoms with Crippen molar-refractivity contribution in [2.24, 2.45) is 5.92 Å². The Bertz CT molecular complexity index is 851. The SMILES string of the molecule is C[C@@]1([C@@H]2NC(=O)[C@H]2CCO)C(=O)[C@H](C(=O)OCc2ccc([N+](=O)[O-])cc2)[N+]1=[N-]. The summed E-state index contributed by atoms with van der Waals surface area (Å²) in [6, 6.07) is 3.11. The van der Waals surface area contributed by atoms with Gasteiger partial charge in [-0.05, 0) is 24.1 Å². The van der Waals surface area contributed by atoms with Crippen LogP contribution in [0.25, 0.3) is 5.53 Å². The zero-order valence-corrected chi connectivity index (χ0v) is 14.9. The summed E-state index contributed by atoms with van der Waals surface area (Å²) in [6.07, 6.45) is 0.141. The van der Waals surface area contributed by atoms with Gasteiger partial charge in [0.15, 0.2) is 0 Å². The molecule has 1 amide bonds. The second-order valence-electron chi connectivity index (χ2n) is 6.90. The van der Waals surface area contributed by atoms with Crippen LogP contribution in [0.3, 0.4) is 0 Å². The van der Waals surface area contributed by atoms with Gasteiger partial charge in [0.1, 0.15) is 12.6 Å². The Morgan fingerprint density at radius 3 is 2.54 bits per heavy atom. The van der Waals surface area contributed by atoms with Crippen molar-refractivity contribution in [3.63, 3.8) is 0 Å². The maximum Gasteiger partial charge on any atom is 0.383 e. The second-order valence-corrected chi connectivity index (χ2v) is 6.90. The number of nitro benzene ring substituents is 1. The first-order valence-corrected chi connectivity index (χ1v) is 8.55. The Morgan fingerprint density at radius 1 is 1.39 bits per heavy atom. The fraction of sp³-hybridized carbons (Fsp3) is 0.471. The Hall–Kier alpha value is -3.21. The standard InChI is InChI=1S/C17H18N4O7/c1-17(13-11(6-7-22)15(24)19-13)14(23)12(20(17)18)16(25)28-8-9-2-4-10(5-3-9)21(26)27/h2-5,11-13,22H,6-8H2,1H3,(H,19,24)/t11-,12+,13+,17+/m0/s1. The molecule has 0 saturated carbocycles. The smallest absolute Gasteiger partial charge is 0.383 e. The van der Waals surface area contributed by atoms with Crippen LogP contribution in [0.2, 0.25) is 0 Å². The first-order valence-electron chi connectivity index (χ1n) is 8.55. The first-order chi connectivity index (χ1) is 13.2. The molecule has 2 fully saturated rings. The van der Waals surface area contributed by atoms with Crippen molar-refractivity contribution in [3.8, 4) is 0 Å². The number of nitro groups is 1. The molecule has 0 spiro atoms. The van der Waals surface area contributed by atoms with Crippen LogP contribution in [0, 0.1) is 16.0 Å². The predicted octanol–water partition coefficient (Wildman–Crippen LogP) is -0.121. The van der Waals surface area contributed by atoms with Crippen LogP contribution in [-0.2, 0) is 25.7 Å². The number of carbonyl (C=O) groups excluding carboxylic acids is 3. The highest BCUT2D eigenvalue weighted by atomic mass is 16.6. The zero-order chi connectivity index (χ0) is 20.6. The van der Waals surface area contributed by atoms with E-state index in [9.17, 15) is 30.0 Å². The van der Waals surface area contributed by atoms with E-state index in [2.05, 4.69) is 5.32 Å². The Morgan fingerprint density at radius 2 is 2.04 bits per heavy atom. The number of amides is 1. The molecular weight excluding hydrogens is 372 g/mol. The maximum absolute atomic E-state index is 12.6. The summed E-state index contributed by atoms with van der Waals surface area (Å²) in [4.78, 5) is 46.4. The van der Waals surface area contributed by atoms with Gasteiger partial charge in [-0.25, -0.2) is 4.79 Å². The molecule has 11 heteroatoms. The van der Waals surface area contributed by atoms with Crippen molar-refractivity contribution in [1.29, 1.82) is 0 Å². The number of benzene rings is 1. The topological polar surface area (TPSA) is 161 Å². The second kappa shape index (κ2) is 7.08. The fourth-order valence-corrected chi connectivity index (χ4v) is 3.54. The van der Waals surface area contributed by atoms with Gasteiger partial charge in [0.05, 0.1) is 10.8 Å². The lowest BCUT2D eigenvalue weighted by molar-refractivity contribution is -0.664. The van der Waals surface area contributed by atoms with Gasteiger partial charge in [0.2, 0.25) is 11.4 Å². The number of rotatable bonds is 7. The molecule has 148 valence electrons. The van der Waals surface area contributed by atoms with E-state index in [1.165, 1.54) is 31.2 Å². The lowest BCUT2D eigenvalue weighted by atomic mass is 9.66. The van der Waals surface area contributed by atoms with Gasteiger partial charge < -0.3 is 20.7 Å². The van der Waals surface area contributed by atoms with Gasteiger partial charge in [0.25, 0.3) is 11.5 Å². The van der Waals surface area contributed by atoms with Gasteiger partial charge in [0, 0.05) is 25.7 Å². The molecule has 2 aliphatic rings. The molecule has 2 N–H and O–H groups in total. The minimum Gasteiger partial charge on any atom is -0.505 e. The molecule has 4 atom stereocenters. The summed E-state index contributed by atoms with van der Waals surface area (Å²) in [5.74, 6) is -2.53. The third kappa shape index (κ3) is 2.93. The van der Waals surface area contributed by atoms with Crippen LogP contribution in [0.1, 0.15) is 18.9 Å². The Labute approximate surface area is 158 Å². The Kier molecular flexibility index (Phi) is 4.94. The number of Topliss-reactive ketones (excluding diaryl/α,β-unsaturated/α-hetero) is 1. The minimum absolute atomic E-state index is 0.110. The monoisotopic (exact) mass is 390 g/mol. The van der Waals surface area contributed by atoms with Crippen molar-refractivity contribution >= 4 is 23.3 Å². The number of non-ortho nitro benzene ring substituents is 1. The lowest BCUT2D eigenvalue weighted by Gasteiger charge is -2.51. The molecule has 2 aliphatic heterocycles. The lowest BCUT2D eigenvalue weighted by Crippen LogP contribution is -2.82. The van der Waals surface area contributed by atoms with E-state index in [0.717, 1.165) is 0 Å². The van der Waals surface area contributed by atoms with Crippen LogP contribution < -0.4 is 5.32 Å². The summed E-state index contributed by atoms with van der Waals surface area (Å²) in [5, 5.41) is 22.2. The van der Waals surface area contributed by atoms with Crippen LogP contribution >= 0.6 is 0 Å². The van der Waals surface area contributed by atoms with Crippen molar-refractivity contribution in [2.45, 2.75) is 37.6 Å². The molecule has 0 aliphatic carbocycles. The van der Waals surface area contributed by atoms with Crippen molar-refractivity contribution in [2.75, 3.05) is 6.61 Å². The van der Waals surface area contributed by atoms with E-state index in [0.29, 0.717) is 10.3 Å². The number of β-lactam (4-membered cyclic amide) rings is 1. The van der Waals surface area contributed by atoms with E-state index < -0.39 is 40.2 Å². The molecule has 3 rings (SSSR count). The molecule has 2 saturated heterocycles. The highest BCUT2D eigenvalue weighted by Gasteiger charge is 2.72. The number of aliphatic hydroxyl groups excluding tert-OH is 1. The number of ether oxygens (including phenoxy) is 1. The quantitative estimate of drug-likeness (QED) is 0.164. The van der Waals surface area contributed by atoms with Gasteiger partial charge in [-0.3, -0.25) is 24.4 Å². The third-order valence-corrected chi connectivity index (χ3v) is 5.30. The average Bonchev–Trinajstić information content (AvgIpc) is 2.68. The summed E-state index contributed by atoms with van der Waals surface area (Å²) in [5.41, 5.74) is 9.18. The molecule has 0 bridgehead atoms. The number of esters is 1. The van der Waals surface area contributed by atoms with Gasteiger partial charge in [-0.1, -0.05) is 0 Å². The maximum atomic E-state index is 12.6. The van der Waals surface area contributed by atoms with Crippen LogP contribution in [0.5, 0.6) is 0 Å². The summed E-state index contributed by atoms with van der Waals surface area (Å²) in [7, 11) is 0. The number of hydrogen-bond acceptors (Lipinski definition) is 7. The predicted molar refractivity (Wildman–Crippen MR) is 90.8 cm³/mol. The van der Waals surface area contributed by atoms with Crippen LogP contribution in [-0.4, -0.2) is 56.6 Å². The minimum atomic E-state index is -1.52. The molecule has 0 unspecified atom stereocenters. The number of aliphatic hydroxyl groups is 1. The number of nitrogens with one attached hydrogen (secondary N) is 1. The highest BCUT2D eigenvalue weighted by molar-refractivity contribution is 6.10. The normalized spacial score (nSPS) is 28.8. The first kappa shape index (κ1) is 19.5. The highest BCUT2D eigenvalue weighted by Crippen LogP contribution is 2.39. The molecule has 1 aromatic carbocycles. The molecule has 2 heterocycles. The summed E-state index contributed by atoms with van der Waals surface area (Å²) < 4.78 is 5.61. The van der Waals surface area contributed by atoms with Crippen molar-refractivity contribution in [3.05, 3.63) is 45.5 Å². The number of ketones is 1. The molecule has 0 radical (unpaired) electrons. The average molecular weight is 390 g/mol. The third-order valence-electron chi connectivity index (χ3n) is 5.30. The van der Waals surface area contributed by atoms with Gasteiger partial charge in [-0.2, -0.15) is 0 Å². The molecule has 11 nitrogen and oxygen atoms in total. The van der Waals surface area contributed by atoms with Gasteiger partial charge >= 0.3 is 12.0 Å². The van der Waals surface area contributed by atoms with Crippen LogP contribution in [0.4, 0.5) is 5.69 Å². The number of carbonyl (C=O) groups is 3. The van der Waals surface area contributed by atoms with Crippen molar-refractivity contribution in [1.82, 2.24) is 5.32 Å². The van der Waals surface area contributed by atoms with E-state index in [1.807, 2.05) is 0 Å². The molecule has 1 aromatic rings. The van der Waals surface area contributed by atoms with E-state index in [4.69, 9.17) is 9.84 Å². The number of nitrogens with zero attached hydrogens (tertiary/aromatic N) is 3. The van der Waals surface area contributed by atoms with Crippen molar-refractivity contribution < 1.29 is 33.8 Å². The number of hydrogen-bond donors (Lipinski definition) is 2. The van der Waals surface area contributed by atoms with E-state index in [-0.39, 0.29) is 31.2 Å². The summed E-state index contributed by atoms with van der Waals surface area (Å²) in [6.45, 7) is 0.938. The zero-order valence-electron chi connectivity index (χ0n) is 14.9. The largest absolute Gasteiger partial charge is 0.505 e. The van der Waals surface area contributed by atoms with E-state index >= 15 is 0 Å². The fourth-order valence-electron chi connectivity index (χ4n) is 3.54. The molecular formula is C17H18N4O7. The molecule has 0 aromatic heterocycles. The van der Waals surface area contributed by atoms with Gasteiger partial charge in [-0.15, -0.1) is 0 Å². The van der Waals surface area contributed by atoms with Crippen LogP contribution in [0.15, 0.2) is 24.3 Å². The van der Waals surface area contributed by atoms with E-state index in [1.54, 1.807) is 0 Å². The Balaban J connectivity index is 1.61.